The van der Waals surface area contributed by atoms with Crippen molar-refractivity contribution in [3.8, 4) is 11.6 Å². The fraction of sp³-hybridized carbons (Fsp3) is 0.125. The highest BCUT2D eigenvalue weighted by Gasteiger charge is 1.98. The summed E-state index contributed by atoms with van der Waals surface area (Å²) >= 11 is 0. The van der Waals surface area contributed by atoms with E-state index in [4.69, 9.17) is 4.74 Å². The van der Waals surface area contributed by atoms with Crippen molar-refractivity contribution in [3.63, 3.8) is 0 Å². The standard InChI is InChI=1S/C8H8N4O/c1-13-7-2-3-8(9-6-7)12-10-4-5-11-12/h2-6H,1H3. The summed E-state index contributed by atoms with van der Waals surface area (Å²) in [5.41, 5.74) is 0. The van der Waals surface area contributed by atoms with Gasteiger partial charge in [0.15, 0.2) is 5.82 Å². The fourth-order valence-corrected chi connectivity index (χ4v) is 0.946. The van der Waals surface area contributed by atoms with E-state index in [1.54, 1.807) is 31.8 Å². The second-order valence-corrected chi connectivity index (χ2v) is 2.37. The average molecular weight is 176 g/mol. The van der Waals surface area contributed by atoms with Crippen molar-refractivity contribution in [1.29, 1.82) is 0 Å². The van der Waals surface area contributed by atoms with Crippen molar-refractivity contribution in [2.75, 3.05) is 7.11 Å². The van der Waals surface area contributed by atoms with Crippen molar-refractivity contribution < 1.29 is 4.74 Å². The van der Waals surface area contributed by atoms with Crippen LogP contribution in [0.15, 0.2) is 30.7 Å². The maximum absolute atomic E-state index is 4.97. The molecule has 5 heteroatoms. The zero-order valence-corrected chi connectivity index (χ0v) is 7.08. The third-order valence-electron chi connectivity index (χ3n) is 1.58. The molecule has 0 aliphatic carbocycles. The van der Waals surface area contributed by atoms with E-state index in [0.29, 0.717) is 5.82 Å². The van der Waals surface area contributed by atoms with E-state index in [9.17, 15) is 0 Å². The van der Waals surface area contributed by atoms with Gasteiger partial charge in [0.1, 0.15) is 5.75 Å². The Hall–Kier alpha value is -1.91. The number of ether oxygens (including phenoxy) is 1. The highest BCUT2D eigenvalue weighted by molar-refractivity contribution is 5.26. The Balaban J connectivity index is 2.33. The Labute approximate surface area is 75.0 Å². The molecule has 5 nitrogen and oxygen atoms in total. The van der Waals surface area contributed by atoms with Gasteiger partial charge in [0, 0.05) is 0 Å². The first kappa shape index (κ1) is 7.72. The molecule has 0 unspecified atom stereocenters. The Morgan fingerprint density at radius 2 is 2.00 bits per heavy atom. The molecule has 0 saturated carbocycles. The van der Waals surface area contributed by atoms with Crippen LogP contribution in [0.4, 0.5) is 0 Å². The molecule has 0 atom stereocenters. The summed E-state index contributed by atoms with van der Waals surface area (Å²) in [6, 6.07) is 3.60. The molecular weight excluding hydrogens is 168 g/mol. The number of pyridine rings is 1. The summed E-state index contributed by atoms with van der Waals surface area (Å²) in [7, 11) is 1.60. The Kier molecular flexibility index (Phi) is 1.91. The molecule has 0 bridgehead atoms. The molecule has 2 aromatic heterocycles. The van der Waals surface area contributed by atoms with Crippen LogP contribution in [0.5, 0.6) is 5.75 Å². The number of hydrogen-bond donors (Lipinski definition) is 0. The number of nitrogens with zero attached hydrogens (tertiary/aromatic N) is 4. The second kappa shape index (κ2) is 3.22. The van der Waals surface area contributed by atoms with E-state index in [1.807, 2.05) is 6.07 Å². The van der Waals surface area contributed by atoms with E-state index >= 15 is 0 Å². The van der Waals surface area contributed by atoms with Gasteiger partial charge in [0.25, 0.3) is 0 Å². The molecule has 0 aliphatic heterocycles. The highest BCUT2D eigenvalue weighted by Crippen LogP contribution is 2.09. The van der Waals surface area contributed by atoms with Gasteiger partial charge >= 0.3 is 0 Å². The number of rotatable bonds is 2. The monoisotopic (exact) mass is 176 g/mol. The van der Waals surface area contributed by atoms with E-state index in [-0.39, 0.29) is 0 Å². The number of aromatic nitrogens is 4. The molecule has 0 aliphatic rings. The minimum atomic E-state index is 0.672. The Bertz CT molecular complexity index is 368. The lowest BCUT2D eigenvalue weighted by Gasteiger charge is -2.00. The number of methoxy groups -OCH3 is 1. The van der Waals surface area contributed by atoms with Gasteiger partial charge in [-0.3, -0.25) is 0 Å². The van der Waals surface area contributed by atoms with Gasteiger partial charge in [0.05, 0.1) is 25.7 Å². The molecule has 0 amide bonds. The molecule has 2 heterocycles. The van der Waals surface area contributed by atoms with Gasteiger partial charge in [0.2, 0.25) is 0 Å². The van der Waals surface area contributed by atoms with Crippen molar-refractivity contribution in [3.05, 3.63) is 30.7 Å². The normalized spacial score (nSPS) is 9.92. The summed E-state index contributed by atoms with van der Waals surface area (Å²) in [5.74, 6) is 1.39. The Morgan fingerprint density at radius 1 is 1.23 bits per heavy atom. The molecule has 66 valence electrons. The molecule has 0 fully saturated rings. The summed E-state index contributed by atoms with van der Waals surface area (Å²) in [4.78, 5) is 5.55. The van der Waals surface area contributed by atoms with Crippen LogP contribution in [0.1, 0.15) is 0 Å². The summed E-state index contributed by atoms with van der Waals surface area (Å²) in [6.07, 6.45) is 4.83. The van der Waals surface area contributed by atoms with Crippen LogP contribution in [0, 0.1) is 0 Å². The lowest BCUT2D eigenvalue weighted by atomic mass is 10.4. The van der Waals surface area contributed by atoms with Crippen LogP contribution in [0.25, 0.3) is 5.82 Å². The zero-order valence-electron chi connectivity index (χ0n) is 7.08. The van der Waals surface area contributed by atoms with E-state index in [2.05, 4.69) is 15.2 Å². The van der Waals surface area contributed by atoms with Crippen LogP contribution < -0.4 is 4.74 Å². The minimum Gasteiger partial charge on any atom is -0.495 e. The molecular formula is C8H8N4O. The van der Waals surface area contributed by atoms with E-state index in [1.165, 1.54) is 4.80 Å². The lowest BCUT2D eigenvalue weighted by Crippen LogP contribution is -2.00. The van der Waals surface area contributed by atoms with Crippen LogP contribution in [0.2, 0.25) is 0 Å². The molecule has 0 saturated heterocycles. The van der Waals surface area contributed by atoms with Crippen LogP contribution in [-0.2, 0) is 0 Å². The van der Waals surface area contributed by atoms with Gasteiger partial charge in [-0.15, -0.1) is 4.80 Å². The average Bonchev–Trinajstić information content (AvgIpc) is 2.71. The predicted molar refractivity (Wildman–Crippen MR) is 45.7 cm³/mol. The molecule has 13 heavy (non-hydrogen) atoms. The van der Waals surface area contributed by atoms with Gasteiger partial charge < -0.3 is 4.74 Å². The third kappa shape index (κ3) is 1.48. The first-order valence-electron chi connectivity index (χ1n) is 3.77. The topological polar surface area (TPSA) is 52.8 Å². The van der Waals surface area contributed by atoms with E-state index < -0.39 is 0 Å². The number of hydrogen-bond acceptors (Lipinski definition) is 4. The minimum absolute atomic E-state index is 0.672. The van der Waals surface area contributed by atoms with Crippen molar-refractivity contribution in [1.82, 2.24) is 20.0 Å². The molecule has 2 aromatic rings. The summed E-state index contributed by atoms with van der Waals surface area (Å²) in [6.45, 7) is 0. The zero-order chi connectivity index (χ0) is 9.10. The third-order valence-corrected chi connectivity index (χ3v) is 1.58. The van der Waals surface area contributed by atoms with Crippen LogP contribution in [0.3, 0.4) is 0 Å². The quantitative estimate of drug-likeness (QED) is 0.674. The molecule has 0 N–H and O–H groups in total. The fourth-order valence-electron chi connectivity index (χ4n) is 0.946. The lowest BCUT2D eigenvalue weighted by molar-refractivity contribution is 0.412. The SMILES string of the molecule is COc1ccc(-n2nccn2)nc1. The van der Waals surface area contributed by atoms with E-state index in [0.717, 1.165) is 5.75 Å². The smallest absolute Gasteiger partial charge is 0.174 e. The van der Waals surface area contributed by atoms with Gasteiger partial charge in [-0.25, -0.2) is 4.98 Å². The summed E-state index contributed by atoms with van der Waals surface area (Å²) in [5, 5.41) is 7.89. The molecule has 0 spiro atoms. The molecule has 0 radical (unpaired) electrons. The van der Waals surface area contributed by atoms with Gasteiger partial charge in [-0.05, 0) is 12.1 Å². The maximum Gasteiger partial charge on any atom is 0.174 e. The van der Waals surface area contributed by atoms with Crippen molar-refractivity contribution >= 4 is 0 Å². The first-order chi connectivity index (χ1) is 6.40. The largest absolute Gasteiger partial charge is 0.495 e. The molecule has 2 rings (SSSR count). The first-order valence-corrected chi connectivity index (χ1v) is 3.77. The van der Waals surface area contributed by atoms with Crippen molar-refractivity contribution in [2.45, 2.75) is 0 Å². The summed E-state index contributed by atoms with van der Waals surface area (Å²) < 4.78 is 4.97. The van der Waals surface area contributed by atoms with Gasteiger partial charge in [-0.2, -0.15) is 10.2 Å². The van der Waals surface area contributed by atoms with Gasteiger partial charge in [-0.1, -0.05) is 0 Å². The van der Waals surface area contributed by atoms with Crippen LogP contribution >= 0.6 is 0 Å². The second-order valence-electron chi connectivity index (χ2n) is 2.37. The highest BCUT2D eigenvalue weighted by atomic mass is 16.5. The van der Waals surface area contributed by atoms with Crippen LogP contribution in [-0.4, -0.2) is 27.1 Å². The van der Waals surface area contributed by atoms with Crippen molar-refractivity contribution in [2.24, 2.45) is 0 Å². The molecule has 0 aromatic carbocycles. The maximum atomic E-state index is 4.97. The predicted octanol–water partition coefficient (Wildman–Crippen LogP) is 0.671. The Morgan fingerprint density at radius 3 is 2.54 bits per heavy atom.